The molecule has 6 nitrogen and oxygen atoms in total. The van der Waals surface area contributed by atoms with Crippen LogP contribution in [0.1, 0.15) is 42.3 Å². The average molecular weight is 445 g/mol. The largest absolute Gasteiger partial charge is 0.416 e. The fraction of sp³-hybridized carbons (Fsp3) is 0.435. The van der Waals surface area contributed by atoms with E-state index in [0.717, 1.165) is 34.9 Å². The van der Waals surface area contributed by atoms with Gasteiger partial charge in [0.25, 0.3) is 0 Å². The van der Waals surface area contributed by atoms with Gasteiger partial charge >= 0.3 is 6.18 Å². The summed E-state index contributed by atoms with van der Waals surface area (Å²) in [5.74, 6) is 1.33. The van der Waals surface area contributed by atoms with Crippen LogP contribution in [-0.4, -0.2) is 41.0 Å². The SMILES string of the molecule is Cc1c([C@@H](C)Nc2nnc(C)c3cnc(N4CCOC[C@H]4C)cc23)cccc1C(F)(F)F. The van der Waals surface area contributed by atoms with Gasteiger partial charge in [0.05, 0.1) is 36.6 Å². The van der Waals surface area contributed by atoms with Crippen LogP contribution in [0.2, 0.25) is 0 Å². The van der Waals surface area contributed by atoms with Crippen LogP contribution in [0.5, 0.6) is 0 Å². The summed E-state index contributed by atoms with van der Waals surface area (Å²) in [7, 11) is 0. The third-order valence-electron chi connectivity index (χ3n) is 6.00. The Morgan fingerprint density at radius 1 is 1.19 bits per heavy atom. The van der Waals surface area contributed by atoms with Gasteiger partial charge in [0, 0.05) is 23.5 Å². The van der Waals surface area contributed by atoms with Gasteiger partial charge in [-0.2, -0.15) is 18.3 Å². The van der Waals surface area contributed by atoms with E-state index >= 15 is 0 Å². The number of benzene rings is 1. The van der Waals surface area contributed by atoms with E-state index in [1.807, 2.05) is 19.9 Å². The second-order valence-corrected chi connectivity index (χ2v) is 8.22. The first kappa shape index (κ1) is 22.3. The molecule has 0 aliphatic carbocycles. The highest BCUT2D eigenvalue weighted by molar-refractivity contribution is 5.94. The molecule has 0 spiro atoms. The summed E-state index contributed by atoms with van der Waals surface area (Å²) in [6.07, 6.45) is -2.62. The molecule has 170 valence electrons. The lowest BCUT2D eigenvalue weighted by Gasteiger charge is -2.34. The third-order valence-corrected chi connectivity index (χ3v) is 6.00. The molecule has 1 aliphatic rings. The van der Waals surface area contributed by atoms with Gasteiger partial charge in [-0.05, 0) is 51.0 Å². The fourth-order valence-electron chi connectivity index (χ4n) is 4.21. The van der Waals surface area contributed by atoms with E-state index in [-0.39, 0.29) is 11.6 Å². The van der Waals surface area contributed by atoms with Crippen LogP contribution in [0.4, 0.5) is 24.8 Å². The molecular formula is C23H26F3N5O. The summed E-state index contributed by atoms with van der Waals surface area (Å²) < 4.78 is 45.6. The summed E-state index contributed by atoms with van der Waals surface area (Å²) in [6, 6.07) is 5.99. The molecule has 2 aromatic heterocycles. The van der Waals surface area contributed by atoms with Crippen LogP contribution in [0.25, 0.3) is 10.8 Å². The van der Waals surface area contributed by atoms with E-state index < -0.39 is 17.8 Å². The van der Waals surface area contributed by atoms with E-state index in [1.165, 1.54) is 13.0 Å². The second kappa shape index (κ2) is 8.54. The normalized spacial score (nSPS) is 18.1. The number of hydrogen-bond donors (Lipinski definition) is 1. The highest BCUT2D eigenvalue weighted by Crippen LogP contribution is 2.36. The zero-order valence-electron chi connectivity index (χ0n) is 18.5. The summed E-state index contributed by atoms with van der Waals surface area (Å²) >= 11 is 0. The maximum Gasteiger partial charge on any atom is 0.416 e. The second-order valence-electron chi connectivity index (χ2n) is 8.22. The lowest BCUT2D eigenvalue weighted by molar-refractivity contribution is -0.138. The van der Waals surface area contributed by atoms with Crippen molar-refractivity contribution in [3.63, 3.8) is 0 Å². The smallest absolute Gasteiger partial charge is 0.377 e. The number of ether oxygens (including phenoxy) is 1. The minimum Gasteiger partial charge on any atom is -0.377 e. The van der Waals surface area contributed by atoms with Gasteiger partial charge in [-0.15, -0.1) is 5.10 Å². The number of anilines is 2. The van der Waals surface area contributed by atoms with Crippen LogP contribution in [-0.2, 0) is 10.9 Å². The van der Waals surface area contributed by atoms with Crippen LogP contribution >= 0.6 is 0 Å². The first-order valence-corrected chi connectivity index (χ1v) is 10.6. The van der Waals surface area contributed by atoms with E-state index in [1.54, 1.807) is 12.3 Å². The van der Waals surface area contributed by atoms with Gasteiger partial charge in [0.15, 0.2) is 5.82 Å². The highest BCUT2D eigenvalue weighted by Gasteiger charge is 2.33. The Kier molecular flexibility index (Phi) is 5.94. The first-order chi connectivity index (χ1) is 15.2. The number of halogens is 3. The van der Waals surface area contributed by atoms with Crippen molar-refractivity contribution in [2.75, 3.05) is 30.0 Å². The van der Waals surface area contributed by atoms with Crippen molar-refractivity contribution >= 4 is 22.4 Å². The van der Waals surface area contributed by atoms with E-state index in [0.29, 0.717) is 24.6 Å². The monoisotopic (exact) mass is 445 g/mol. The van der Waals surface area contributed by atoms with Crippen molar-refractivity contribution in [3.8, 4) is 0 Å². The van der Waals surface area contributed by atoms with Crippen LogP contribution < -0.4 is 10.2 Å². The number of alkyl halides is 3. The van der Waals surface area contributed by atoms with Crippen molar-refractivity contribution < 1.29 is 17.9 Å². The number of pyridine rings is 1. The average Bonchev–Trinajstić information content (AvgIpc) is 2.75. The molecule has 32 heavy (non-hydrogen) atoms. The standard InChI is InChI=1S/C23H26F3N5O/c1-13-12-32-9-8-31(13)21-10-18-19(11-27-21)16(4)29-30-22(18)28-15(3)17-6-5-7-20(14(17)2)23(24,25)26/h5-7,10-11,13,15H,8-9,12H2,1-4H3,(H,28,30)/t13-,15-/m1/s1. The Morgan fingerprint density at radius 3 is 2.69 bits per heavy atom. The van der Waals surface area contributed by atoms with Crippen LogP contribution in [0, 0.1) is 13.8 Å². The molecular weight excluding hydrogens is 419 g/mol. The zero-order valence-corrected chi connectivity index (χ0v) is 18.5. The molecule has 3 heterocycles. The first-order valence-electron chi connectivity index (χ1n) is 10.6. The Bertz CT molecular complexity index is 1130. The predicted octanol–water partition coefficient (Wildman–Crippen LogP) is 5.06. The van der Waals surface area contributed by atoms with E-state index in [4.69, 9.17) is 4.74 Å². The molecule has 1 aromatic carbocycles. The molecule has 1 aliphatic heterocycles. The molecule has 0 amide bonds. The number of nitrogens with zero attached hydrogens (tertiary/aromatic N) is 4. The van der Waals surface area contributed by atoms with Crippen molar-refractivity contribution in [3.05, 3.63) is 52.8 Å². The van der Waals surface area contributed by atoms with E-state index in [9.17, 15) is 13.2 Å². The minimum atomic E-state index is -4.40. The summed E-state index contributed by atoms with van der Waals surface area (Å²) in [5, 5.41) is 13.5. The van der Waals surface area contributed by atoms with Gasteiger partial charge < -0.3 is 15.0 Å². The predicted molar refractivity (Wildman–Crippen MR) is 118 cm³/mol. The number of nitrogens with one attached hydrogen (secondary N) is 1. The topological polar surface area (TPSA) is 63.2 Å². The Morgan fingerprint density at radius 2 is 1.97 bits per heavy atom. The molecule has 2 atom stereocenters. The zero-order chi connectivity index (χ0) is 23.0. The van der Waals surface area contributed by atoms with Gasteiger partial charge in [-0.3, -0.25) is 0 Å². The molecule has 0 bridgehead atoms. The summed E-state index contributed by atoms with van der Waals surface area (Å²) in [5.41, 5.74) is 0.874. The van der Waals surface area contributed by atoms with Gasteiger partial charge in [-0.25, -0.2) is 4.98 Å². The maximum absolute atomic E-state index is 13.4. The Balaban J connectivity index is 1.72. The molecule has 1 saturated heterocycles. The van der Waals surface area contributed by atoms with Gasteiger partial charge in [-0.1, -0.05) is 12.1 Å². The molecule has 0 radical (unpaired) electrons. The van der Waals surface area contributed by atoms with Crippen molar-refractivity contribution in [2.24, 2.45) is 0 Å². The van der Waals surface area contributed by atoms with Crippen LogP contribution in [0.3, 0.4) is 0 Å². The molecule has 4 rings (SSSR count). The Hall–Kier alpha value is -2.94. The molecule has 9 heteroatoms. The number of fused-ring (bicyclic) bond motifs is 1. The minimum absolute atomic E-state index is 0.188. The number of aromatic nitrogens is 3. The van der Waals surface area contributed by atoms with Crippen molar-refractivity contribution in [1.82, 2.24) is 15.2 Å². The van der Waals surface area contributed by atoms with Crippen molar-refractivity contribution in [1.29, 1.82) is 0 Å². The number of aryl methyl sites for hydroxylation is 1. The lowest BCUT2D eigenvalue weighted by Crippen LogP contribution is -2.44. The van der Waals surface area contributed by atoms with Crippen molar-refractivity contribution in [2.45, 2.75) is 46.0 Å². The van der Waals surface area contributed by atoms with E-state index in [2.05, 4.69) is 32.3 Å². The number of morpholine rings is 1. The lowest BCUT2D eigenvalue weighted by atomic mass is 9.97. The quantitative estimate of drug-likeness (QED) is 0.606. The molecule has 0 saturated carbocycles. The molecule has 0 unspecified atom stereocenters. The third kappa shape index (κ3) is 4.21. The van der Waals surface area contributed by atoms with Gasteiger partial charge in [0.1, 0.15) is 5.82 Å². The fourth-order valence-corrected chi connectivity index (χ4v) is 4.21. The summed E-state index contributed by atoms with van der Waals surface area (Å²) in [4.78, 5) is 6.81. The van der Waals surface area contributed by atoms with Crippen LogP contribution in [0.15, 0.2) is 30.5 Å². The highest BCUT2D eigenvalue weighted by atomic mass is 19.4. The Labute approximate surface area is 184 Å². The molecule has 1 fully saturated rings. The number of hydrogen-bond acceptors (Lipinski definition) is 6. The molecule has 1 N–H and O–H groups in total. The number of rotatable bonds is 4. The molecule has 3 aromatic rings. The summed E-state index contributed by atoms with van der Waals surface area (Å²) in [6.45, 7) is 9.26. The van der Waals surface area contributed by atoms with Gasteiger partial charge in [0.2, 0.25) is 0 Å². The maximum atomic E-state index is 13.4.